The highest BCUT2D eigenvalue weighted by Gasteiger charge is 2.07. The second kappa shape index (κ2) is 13.3. The van der Waals surface area contributed by atoms with E-state index in [-0.39, 0.29) is 6.04 Å². The van der Waals surface area contributed by atoms with E-state index in [1.807, 2.05) is 0 Å². The van der Waals surface area contributed by atoms with Crippen LogP contribution < -0.4 is 11.2 Å². The molecule has 0 aromatic rings. The van der Waals surface area contributed by atoms with Gasteiger partial charge in [-0.3, -0.25) is 0 Å². The number of hydrogen-bond donors (Lipinski definition) is 2. The molecule has 0 bridgehead atoms. The Bertz CT molecular complexity index is 342. The minimum atomic E-state index is -0.648. The van der Waals surface area contributed by atoms with Gasteiger partial charge in [-0.25, -0.2) is 10.2 Å². The summed E-state index contributed by atoms with van der Waals surface area (Å²) in [6.07, 6.45) is 20.7. The summed E-state index contributed by atoms with van der Waals surface area (Å²) in [5.74, 6) is 0. The number of carbonyl (C=O) groups is 1. The fraction of sp³-hybridized carbons (Fsp3) is 0.824. The van der Waals surface area contributed by atoms with Gasteiger partial charge in [-0.1, -0.05) is 62.3 Å². The molecular formula is C17H32N4O. The molecule has 0 aromatic heterocycles. The molecule has 5 heteroatoms. The van der Waals surface area contributed by atoms with E-state index >= 15 is 0 Å². The van der Waals surface area contributed by atoms with Gasteiger partial charge in [0.1, 0.15) is 0 Å². The molecule has 0 radical (unpaired) electrons. The molecule has 3 N–H and O–H groups in total. The van der Waals surface area contributed by atoms with Crippen LogP contribution in [0, 0.1) is 0 Å². The fourth-order valence-corrected chi connectivity index (χ4v) is 2.82. The van der Waals surface area contributed by atoms with Gasteiger partial charge in [0.2, 0.25) is 0 Å². The van der Waals surface area contributed by atoms with Crippen LogP contribution in [0.2, 0.25) is 0 Å². The second-order valence-electron chi connectivity index (χ2n) is 6.15. The monoisotopic (exact) mass is 308 g/mol. The quantitative estimate of drug-likeness (QED) is 0.418. The molecule has 0 heterocycles. The van der Waals surface area contributed by atoms with E-state index in [0.717, 1.165) is 12.8 Å². The third-order valence-corrected chi connectivity index (χ3v) is 4.11. The summed E-state index contributed by atoms with van der Waals surface area (Å²) in [6.45, 7) is 0. The van der Waals surface area contributed by atoms with Gasteiger partial charge in [0.25, 0.3) is 0 Å². The van der Waals surface area contributed by atoms with Gasteiger partial charge in [0, 0.05) is 0 Å². The summed E-state index contributed by atoms with van der Waals surface area (Å²) in [7, 11) is 0. The lowest BCUT2D eigenvalue weighted by Crippen LogP contribution is -2.24. The number of allylic oxidation sites excluding steroid dienone is 2. The zero-order chi connectivity index (χ0) is 15.9. The van der Waals surface area contributed by atoms with Gasteiger partial charge in [-0.2, -0.15) is 5.11 Å². The first-order chi connectivity index (χ1) is 10.8. The number of nitrogens with zero attached hydrogens (tertiary/aromatic N) is 2. The van der Waals surface area contributed by atoms with Crippen molar-refractivity contribution in [2.75, 3.05) is 0 Å². The predicted molar refractivity (Wildman–Crippen MR) is 90.5 cm³/mol. The van der Waals surface area contributed by atoms with Crippen LogP contribution in [-0.2, 0) is 0 Å². The van der Waals surface area contributed by atoms with E-state index in [9.17, 15) is 4.79 Å². The number of hydrogen-bond acceptors (Lipinski definition) is 3. The van der Waals surface area contributed by atoms with Crippen LogP contribution in [0.1, 0.15) is 83.5 Å². The standard InChI is InChI=1S/C17H32N4O/c18-17(22)20-21-19-16-14-12-10-8-6-4-2-1-3-5-7-9-11-13-15-16/h1-2,16H,3-15H2,(H3,18,19,20,22)/b2-1+/t16-/m0/s1. The smallest absolute Gasteiger partial charge is 0.333 e. The zero-order valence-electron chi connectivity index (χ0n) is 13.8. The van der Waals surface area contributed by atoms with Gasteiger partial charge in [0.15, 0.2) is 0 Å². The molecule has 1 aliphatic rings. The van der Waals surface area contributed by atoms with E-state index in [2.05, 4.69) is 27.9 Å². The Morgan fingerprint density at radius 3 is 1.91 bits per heavy atom. The lowest BCUT2D eigenvalue weighted by molar-refractivity contribution is 0.248. The SMILES string of the molecule is NC(=O)NN=N[C@H]1CCCCCC/C=C/CCCCCCC1. The zero-order valence-corrected chi connectivity index (χ0v) is 13.8. The number of nitrogens with one attached hydrogen (secondary N) is 1. The summed E-state index contributed by atoms with van der Waals surface area (Å²) < 4.78 is 0. The molecule has 0 spiro atoms. The van der Waals surface area contributed by atoms with Crippen molar-refractivity contribution in [2.45, 2.75) is 89.5 Å². The molecule has 1 atom stereocenters. The molecule has 0 fully saturated rings. The van der Waals surface area contributed by atoms with Crippen molar-refractivity contribution in [3.63, 3.8) is 0 Å². The van der Waals surface area contributed by atoms with Gasteiger partial charge in [-0.15, -0.1) is 0 Å². The van der Waals surface area contributed by atoms with E-state index in [1.165, 1.54) is 70.6 Å². The highest BCUT2D eigenvalue weighted by atomic mass is 16.2. The van der Waals surface area contributed by atoms with Crippen molar-refractivity contribution in [1.29, 1.82) is 0 Å². The molecule has 0 saturated carbocycles. The van der Waals surface area contributed by atoms with Crippen LogP contribution in [-0.4, -0.2) is 12.1 Å². The molecule has 0 unspecified atom stereocenters. The van der Waals surface area contributed by atoms with Crippen LogP contribution >= 0.6 is 0 Å². The molecule has 5 nitrogen and oxygen atoms in total. The Labute approximate surface area is 134 Å². The Hall–Kier alpha value is -1.39. The second-order valence-corrected chi connectivity index (χ2v) is 6.15. The van der Waals surface area contributed by atoms with Crippen molar-refractivity contribution < 1.29 is 4.79 Å². The molecule has 1 aliphatic carbocycles. The Balaban J connectivity index is 2.35. The average Bonchev–Trinajstić information content (AvgIpc) is 2.48. The number of urea groups is 1. The van der Waals surface area contributed by atoms with E-state index < -0.39 is 6.03 Å². The normalized spacial score (nSPS) is 24.8. The van der Waals surface area contributed by atoms with Gasteiger partial charge in [-0.05, 0) is 38.5 Å². The maximum absolute atomic E-state index is 10.6. The van der Waals surface area contributed by atoms with Crippen LogP contribution in [0.5, 0.6) is 0 Å². The van der Waals surface area contributed by atoms with Crippen molar-refractivity contribution in [3.8, 4) is 0 Å². The molecule has 2 amide bonds. The number of amides is 2. The summed E-state index contributed by atoms with van der Waals surface area (Å²) >= 11 is 0. The highest BCUT2D eigenvalue weighted by Crippen LogP contribution is 2.17. The van der Waals surface area contributed by atoms with E-state index in [0.29, 0.717) is 0 Å². The minimum Gasteiger partial charge on any atom is -0.350 e. The van der Waals surface area contributed by atoms with Crippen molar-refractivity contribution in [2.24, 2.45) is 16.1 Å². The third-order valence-electron chi connectivity index (χ3n) is 4.11. The fourth-order valence-electron chi connectivity index (χ4n) is 2.82. The molecule has 0 aliphatic heterocycles. The predicted octanol–water partition coefficient (Wildman–Crippen LogP) is 5.03. The maximum Gasteiger partial charge on any atom is 0.333 e. The molecule has 0 aromatic carbocycles. The van der Waals surface area contributed by atoms with Gasteiger partial charge in [0.05, 0.1) is 6.04 Å². The average molecular weight is 308 g/mol. The van der Waals surface area contributed by atoms with Gasteiger partial charge >= 0.3 is 6.03 Å². The topological polar surface area (TPSA) is 79.8 Å². The van der Waals surface area contributed by atoms with Crippen molar-refractivity contribution >= 4 is 6.03 Å². The summed E-state index contributed by atoms with van der Waals surface area (Å²) in [6, 6.07) is -0.426. The lowest BCUT2D eigenvalue weighted by Gasteiger charge is -2.11. The number of nitrogens with two attached hydrogens (primary N) is 1. The third kappa shape index (κ3) is 11.3. The van der Waals surface area contributed by atoms with E-state index in [1.54, 1.807) is 0 Å². The van der Waals surface area contributed by atoms with E-state index in [4.69, 9.17) is 5.73 Å². The minimum absolute atomic E-state index is 0.222. The summed E-state index contributed by atoms with van der Waals surface area (Å²) in [5, 5.41) is 7.94. The largest absolute Gasteiger partial charge is 0.350 e. The number of rotatable bonds is 2. The van der Waals surface area contributed by atoms with Crippen molar-refractivity contribution in [3.05, 3.63) is 12.2 Å². The lowest BCUT2D eigenvalue weighted by atomic mass is 10.0. The molecule has 0 saturated heterocycles. The molecule has 22 heavy (non-hydrogen) atoms. The molecule has 1 rings (SSSR count). The van der Waals surface area contributed by atoms with Crippen LogP contribution in [0.3, 0.4) is 0 Å². The van der Waals surface area contributed by atoms with Crippen LogP contribution in [0.25, 0.3) is 0 Å². The van der Waals surface area contributed by atoms with Crippen LogP contribution in [0.15, 0.2) is 22.5 Å². The maximum atomic E-state index is 10.6. The van der Waals surface area contributed by atoms with Crippen molar-refractivity contribution in [1.82, 2.24) is 5.43 Å². The Morgan fingerprint density at radius 2 is 1.36 bits per heavy atom. The Morgan fingerprint density at radius 1 is 0.864 bits per heavy atom. The molecular weight excluding hydrogens is 276 g/mol. The summed E-state index contributed by atoms with van der Waals surface area (Å²) in [5.41, 5.74) is 7.20. The van der Waals surface area contributed by atoms with Gasteiger partial charge < -0.3 is 5.73 Å². The highest BCUT2D eigenvalue weighted by molar-refractivity contribution is 5.70. The Kier molecular flexibility index (Phi) is 11.3. The number of primary amides is 1. The first kappa shape index (κ1) is 18.7. The van der Waals surface area contributed by atoms with Crippen LogP contribution in [0.4, 0.5) is 4.79 Å². The molecule has 126 valence electrons. The first-order valence-corrected chi connectivity index (χ1v) is 8.89. The number of carbonyl (C=O) groups excluding carboxylic acids is 1. The summed E-state index contributed by atoms with van der Waals surface area (Å²) in [4.78, 5) is 10.6. The first-order valence-electron chi connectivity index (χ1n) is 8.89.